The van der Waals surface area contributed by atoms with Gasteiger partial charge in [0, 0.05) is 41.4 Å². The van der Waals surface area contributed by atoms with Crippen LogP contribution in [0.5, 0.6) is 0 Å². The molecule has 3 nitrogen and oxygen atoms in total. The molecule has 1 N–H and O–H groups in total. The zero-order chi connectivity index (χ0) is 11.8. The Labute approximate surface area is 104 Å². The van der Waals surface area contributed by atoms with Crippen molar-refractivity contribution in [2.75, 3.05) is 6.54 Å². The molecule has 3 rings (SSSR count). The highest BCUT2D eigenvalue weighted by Gasteiger charge is 2.22. The predicted molar refractivity (Wildman–Crippen MR) is 69.3 cm³/mol. The number of Topliss-reactive ketones (excluding diaryl/α,β-unsaturated/α-hetero) is 1. The maximum atomic E-state index is 11.5. The summed E-state index contributed by atoms with van der Waals surface area (Å²) in [5.74, 6) is 0.357. The summed E-state index contributed by atoms with van der Waals surface area (Å²) in [6.07, 6.45) is 1.28. The van der Waals surface area contributed by atoms with Crippen molar-refractivity contribution in [1.82, 2.24) is 10.3 Å². The number of fused-ring (bicyclic) bond motifs is 1. The van der Waals surface area contributed by atoms with E-state index in [1.807, 2.05) is 13.0 Å². The van der Waals surface area contributed by atoms with Gasteiger partial charge in [0.25, 0.3) is 0 Å². The first-order valence-electron chi connectivity index (χ1n) is 5.84. The first-order chi connectivity index (χ1) is 8.22. The molecule has 1 unspecified atom stereocenters. The fraction of sp³-hybridized carbons (Fsp3) is 0.385. The summed E-state index contributed by atoms with van der Waals surface area (Å²) in [6, 6.07) is 6.47. The van der Waals surface area contributed by atoms with Crippen LogP contribution < -0.4 is 5.32 Å². The van der Waals surface area contributed by atoms with Crippen molar-refractivity contribution >= 4 is 27.3 Å². The first kappa shape index (κ1) is 10.9. The zero-order valence-corrected chi connectivity index (χ0v) is 10.5. The second-order valence-corrected chi connectivity index (χ2v) is 5.56. The highest BCUT2D eigenvalue weighted by Crippen LogP contribution is 2.31. The van der Waals surface area contributed by atoms with Crippen LogP contribution >= 0.6 is 11.3 Å². The van der Waals surface area contributed by atoms with Crippen molar-refractivity contribution in [2.45, 2.75) is 25.8 Å². The topological polar surface area (TPSA) is 42.0 Å². The maximum Gasteiger partial charge on any atom is 0.136 e. The lowest BCUT2D eigenvalue weighted by atomic mass is 10.0. The summed E-state index contributed by atoms with van der Waals surface area (Å²) in [6.45, 7) is 2.80. The Kier molecular flexibility index (Phi) is 2.68. The molecule has 2 aromatic heterocycles. The second-order valence-electron chi connectivity index (χ2n) is 4.50. The molecule has 1 saturated heterocycles. The number of hydrogen-bond donors (Lipinski definition) is 1. The molecule has 0 aliphatic carbocycles. The van der Waals surface area contributed by atoms with Crippen molar-refractivity contribution in [2.24, 2.45) is 0 Å². The number of hydrogen-bond acceptors (Lipinski definition) is 4. The number of ketones is 1. The molecular formula is C13H14N2OS. The van der Waals surface area contributed by atoms with Crippen LogP contribution in [0.2, 0.25) is 0 Å². The monoisotopic (exact) mass is 246 g/mol. The summed E-state index contributed by atoms with van der Waals surface area (Å²) < 4.78 is 0. The Bertz CT molecular complexity index is 576. The zero-order valence-electron chi connectivity index (χ0n) is 9.69. The van der Waals surface area contributed by atoms with Crippen LogP contribution in [-0.4, -0.2) is 17.3 Å². The molecule has 0 spiro atoms. The minimum absolute atomic E-state index is 0.191. The predicted octanol–water partition coefficient (Wildman–Crippen LogP) is 2.60. The van der Waals surface area contributed by atoms with E-state index in [2.05, 4.69) is 22.4 Å². The highest BCUT2D eigenvalue weighted by atomic mass is 32.1. The van der Waals surface area contributed by atoms with Gasteiger partial charge in [-0.3, -0.25) is 4.79 Å². The largest absolute Gasteiger partial charge is 0.308 e. The second kappa shape index (κ2) is 4.20. The molecule has 0 radical (unpaired) electrons. The van der Waals surface area contributed by atoms with Gasteiger partial charge in [0.1, 0.15) is 10.6 Å². The minimum Gasteiger partial charge on any atom is -0.308 e. The molecule has 88 valence electrons. The third-order valence-corrected chi connectivity index (χ3v) is 4.27. The third kappa shape index (κ3) is 2.10. The molecule has 1 atom stereocenters. The van der Waals surface area contributed by atoms with E-state index in [0.29, 0.717) is 18.6 Å². The van der Waals surface area contributed by atoms with E-state index in [9.17, 15) is 4.79 Å². The molecule has 0 aromatic carbocycles. The Morgan fingerprint density at radius 3 is 3.18 bits per heavy atom. The van der Waals surface area contributed by atoms with E-state index in [0.717, 1.165) is 17.1 Å². The van der Waals surface area contributed by atoms with E-state index in [-0.39, 0.29) is 6.04 Å². The number of pyridine rings is 1. The van der Waals surface area contributed by atoms with Crippen molar-refractivity contribution in [3.05, 3.63) is 28.8 Å². The number of carbonyl (C=O) groups is 1. The normalized spacial score (nSPS) is 21.0. The SMILES string of the molecule is Cc1ccc2cc(C3CC(=O)CCN3)sc2n1. The van der Waals surface area contributed by atoms with Crippen LogP contribution in [0, 0.1) is 6.92 Å². The molecule has 1 fully saturated rings. The van der Waals surface area contributed by atoms with Crippen LogP contribution in [0.4, 0.5) is 0 Å². The number of nitrogens with one attached hydrogen (secondary N) is 1. The van der Waals surface area contributed by atoms with Crippen molar-refractivity contribution in [3.63, 3.8) is 0 Å². The molecular weight excluding hydrogens is 232 g/mol. The number of rotatable bonds is 1. The van der Waals surface area contributed by atoms with Crippen LogP contribution in [0.25, 0.3) is 10.2 Å². The first-order valence-corrected chi connectivity index (χ1v) is 6.66. The number of aromatic nitrogens is 1. The van der Waals surface area contributed by atoms with Gasteiger partial charge in [-0.2, -0.15) is 0 Å². The van der Waals surface area contributed by atoms with E-state index in [1.165, 1.54) is 10.3 Å². The van der Waals surface area contributed by atoms with E-state index in [1.54, 1.807) is 11.3 Å². The van der Waals surface area contributed by atoms with Crippen molar-refractivity contribution in [3.8, 4) is 0 Å². The lowest BCUT2D eigenvalue weighted by Gasteiger charge is -2.21. The van der Waals surface area contributed by atoms with Gasteiger partial charge in [0.05, 0.1) is 0 Å². The average Bonchev–Trinajstić information content (AvgIpc) is 2.72. The average molecular weight is 246 g/mol. The Morgan fingerprint density at radius 2 is 2.35 bits per heavy atom. The lowest BCUT2D eigenvalue weighted by Crippen LogP contribution is -2.31. The Hall–Kier alpha value is -1.26. The van der Waals surface area contributed by atoms with Gasteiger partial charge in [0.2, 0.25) is 0 Å². The standard InChI is InChI=1S/C13H14N2OS/c1-8-2-3-9-6-12(17-13(9)15-8)11-7-10(16)4-5-14-11/h2-3,6,11,14H,4-5,7H2,1H3. The molecule has 4 heteroatoms. The summed E-state index contributed by atoms with van der Waals surface area (Å²) in [5.41, 5.74) is 1.04. The van der Waals surface area contributed by atoms with Gasteiger partial charge in [-0.25, -0.2) is 4.98 Å². The van der Waals surface area contributed by atoms with Gasteiger partial charge in [0.15, 0.2) is 0 Å². The fourth-order valence-electron chi connectivity index (χ4n) is 2.19. The maximum absolute atomic E-state index is 11.5. The van der Waals surface area contributed by atoms with Crippen LogP contribution in [-0.2, 0) is 4.79 Å². The van der Waals surface area contributed by atoms with Gasteiger partial charge in [-0.15, -0.1) is 11.3 Å². The summed E-state index contributed by atoms with van der Waals surface area (Å²) in [4.78, 5) is 18.3. The highest BCUT2D eigenvalue weighted by molar-refractivity contribution is 7.18. The Morgan fingerprint density at radius 1 is 1.47 bits per heavy atom. The molecule has 0 bridgehead atoms. The molecule has 1 aliphatic rings. The minimum atomic E-state index is 0.191. The Balaban J connectivity index is 1.97. The molecule has 0 saturated carbocycles. The van der Waals surface area contributed by atoms with E-state index in [4.69, 9.17) is 0 Å². The van der Waals surface area contributed by atoms with E-state index >= 15 is 0 Å². The summed E-state index contributed by atoms with van der Waals surface area (Å²) >= 11 is 1.69. The van der Waals surface area contributed by atoms with Crippen LogP contribution in [0.3, 0.4) is 0 Å². The van der Waals surface area contributed by atoms with E-state index < -0.39 is 0 Å². The third-order valence-electron chi connectivity index (χ3n) is 3.11. The summed E-state index contributed by atoms with van der Waals surface area (Å²) in [5, 5.41) is 4.58. The number of aryl methyl sites for hydroxylation is 1. The van der Waals surface area contributed by atoms with Crippen molar-refractivity contribution < 1.29 is 4.79 Å². The molecule has 17 heavy (non-hydrogen) atoms. The lowest BCUT2D eigenvalue weighted by molar-refractivity contribution is -0.120. The summed E-state index contributed by atoms with van der Waals surface area (Å²) in [7, 11) is 0. The number of nitrogens with zero attached hydrogens (tertiary/aromatic N) is 1. The smallest absolute Gasteiger partial charge is 0.136 e. The van der Waals surface area contributed by atoms with Crippen LogP contribution in [0.1, 0.15) is 29.5 Å². The molecule has 0 amide bonds. The van der Waals surface area contributed by atoms with Crippen LogP contribution in [0.15, 0.2) is 18.2 Å². The molecule has 3 heterocycles. The van der Waals surface area contributed by atoms with Gasteiger partial charge < -0.3 is 5.32 Å². The fourth-order valence-corrected chi connectivity index (χ4v) is 3.34. The quantitative estimate of drug-likeness (QED) is 0.841. The number of thiophene rings is 1. The molecule has 2 aromatic rings. The van der Waals surface area contributed by atoms with Crippen molar-refractivity contribution in [1.29, 1.82) is 0 Å². The van der Waals surface area contributed by atoms with Gasteiger partial charge in [-0.05, 0) is 19.1 Å². The number of carbonyl (C=O) groups excluding carboxylic acids is 1. The van der Waals surface area contributed by atoms with Gasteiger partial charge in [-0.1, -0.05) is 6.07 Å². The number of piperidine rings is 1. The van der Waals surface area contributed by atoms with Gasteiger partial charge >= 0.3 is 0 Å². The molecule has 1 aliphatic heterocycles.